The maximum Gasteiger partial charge on any atom is 0.243 e. The van der Waals surface area contributed by atoms with Gasteiger partial charge in [-0.15, -0.1) is 0 Å². The van der Waals surface area contributed by atoms with Crippen LogP contribution in [0.5, 0.6) is 0 Å². The number of benzene rings is 1. The van der Waals surface area contributed by atoms with E-state index in [0.717, 1.165) is 12.8 Å². The lowest BCUT2D eigenvalue weighted by molar-refractivity contribution is 0.291. The van der Waals surface area contributed by atoms with Gasteiger partial charge in [0.1, 0.15) is 5.82 Å². The minimum atomic E-state index is -3.70. The van der Waals surface area contributed by atoms with E-state index in [1.54, 1.807) is 0 Å². The zero-order chi connectivity index (χ0) is 14.3. The van der Waals surface area contributed by atoms with Crippen molar-refractivity contribution < 1.29 is 12.8 Å². The van der Waals surface area contributed by atoms with Gasteiger partial charge in [-0.1, -0.05) is 6.07 Å². The van der Waals surface area contributed by atoms with Gasteiger partial charge in [0.05, 0.1) is 4.90 Å². The number of rotatable bonds is 3. The maximum absolute atomic E-state index is 13.7. The van der Waals surface area contributed by atoms with Crippen LogP contribution >= 0.6 is 0 Å². The minimum absolute atomic E-state index is 0.00928. The van der Waals surface area contributed by atoms with Crippen LogP contribution in [0, 0.1) is 5.82 Å². The molecule has 1 aromatic rings. The van der Waals surface area contributed by atoms with E-state index in [4.69, 9.17) is 5.73 Å². The summed E-state index contributed by atoms with van der Waals surface area (Å²) in [7, 11) is -3.70. The van der Waals surface area contributed by atoms with E-state index in [0.29, 0.717) is 6.54 Å². The van der Waals surface area contributed by atoms with E-state index >= 15 is 0 Å². The maximum atomic E-state index is 13.7. The molecule has 0 amide bonds. The van der Waals surface area contributed by atoms with Crippen molar-refractivity contribution in [3.05, 3.63) is 29.6 Å². The van der Waals surface area contributed by atoms with Crippen molar-refractivity contribution in [1.29, 1.82) is 0 Å². The fourth-order valence-corrected chi connectivity index (χ4v) is 4.72. The van der Waals surface area contributed by atoms with Crippen LogP contribution in [0.15, 0.2) is 23.1 Å². The highest BCUT2D eigenvalue weighted by atomic mass is 32.2. The second-order valence-electron chi connectivity index (χ2n) is 5.41. The first-order valence-electron chi connectivity index (χ1n) is 6.31. The fourth-order valence-electron chi connectivity index (χ4n) is 2.63. The molecule has 0 bridgehead atoms. The Balaban J connectivity index is 2.55. The van der Waals surface area contributed by atoms with E-state index in [1.807, 2.05) is 13.8 Å². The van der Waals surface area contributed by atoms with E-state index in [1.165, 1.54) is 22.5 Å². The lowest BCUT2D eigenvalue weighted by atomic mass is 10.0. The Morgan fingerprint density at radius 1 is 1.42 bits per heavy atom. The lowest BCUT2D eigenvalue weighted by Crippen LogP contribution is -2.43. The zero-order valence-electron chi connectivity index (χ0n) is 11.2. The molecule has 0 aliphatic carbocycles. The monoisotopic (exact) mass is 286 g/mol. The van der Waals surface area contributed by atoms with Crippen molar-refractivity contribution in [3.63, 3.8) is 0 Å². The van der Waals surface area contributed by atoms with Crippen LogP contribution in [0.4, 0.5) is 4.39 Å². The highest BCUT2D eigenvalue weighted by Crippen LogP contribution is 2.35. The number of nitrogens with zero attached hydrogens (tertiary/aromatic N) is 1. The molecule has 0 saturated carbocycles. The Morgan fingerprint density at radius 2 is 2.11 bits per heavy atom. The smallest absolute Gasteiger partial charge is 0.243 e. The third-order valence-corrected chi connectivity index (χ3v) is 5.87. The van der Waals surface area contributed by atoms with Gasteiger partial charge in [-0.2, -0.15) is 4.31 Å². The van der Waals surface area contributed by atoms with E-state index in [9.17, 15) is 12.8 Å². The zero-order valence-corrected chi connectivity index (χ0v) is 12.0. The molecule has 1 heterocycles. The van der Waals surface area contributed by atoms with Gasteiger partial charge in [-0.25, -0.2) is 12.8 Å². The second-order valence-corrected chi connectivity index (χ2v) is 7.24. The van der Waals surface area contributed by atoms with Crippen LogP contribution in [-0.4, -0.2) is 24.8 Å². The molecule has 19 heavy (non-hydrogen) atoms. The number of halogens is 1. The van der Waals surface area contributed by atoms with Gasteiger partial charge >= 0.3 is 0 Å². The van der Waals surface area contributed by atoms with E-state index in [2.05, 4.69) is 0 Å². The molecule has 1 aliphatic rings. The molecular weight excluding hydrogens is 267 g/mol. The molecule has 1 saturated heterocycles. The molecule has 0 aromatic heterocycles. The summed E-state index contributed by atoms with van der Waals surface area (Å²) in [6.07, 6.45) is 1.62. The van der Waals surface area contributed by atoms with E-state index in [-0.39, 0.29) is 17.0 Å². The minimum Gasteiger partial charge on any atom is -0.326 e. The highest BCUT2D eigenvalue weighted by Gasteiger charge is 2.41. The molecule has 1 fully saturated rings. The molecule has 0 spiro atoms. The molecule has 0 atom stereocenters. The molecule has 1 aromatic carbocycles. The summed E-state index contributed by atoms with van der Waals surface area (Å²) in [5.74, 6) is -0.569. The summed E-state index contributed by atoms with van der Waals surface area (Å²) in [4.78, 5) is -0.00928. The van der Waals surface area contributed by atoms with Crippen LogP contribution in [0.3, 0.4) is 0 Å². The molecule has 0 radical (unpaired) electrons. The molecule has 2 rings (SSSR count). The van der Waals surface area contributed by atoms with Gasteiger partial charge in [0.2, 0.25) is 10.0 Å². The van der Waals surface area contributed by atoms with Crippen LogP contribution in [0.2, 0.25) is 0 Å². The van der Waals surface area contributed by atoms with Gasteiger partial charge in [-0.05, 0) is 38.8 Å². The Bertz CT molecular complexity index is 584. The Hall–Kier alpha value is -0.980. The summed E-state index contributed by atoms with van der Waals surface area (Å²) in [6.45, 7) is 4.11. The largest absolute Gasteiger partial charge is 0.326 e. The predicted octanol–water partition coefficient (Wildman–Crippen LogP) is 1.85. The molecule has 1 aliphatic heterocycles. The van der Waals surface area contributed by atoms with Crippen molar-refractivity contribution >= 4 is 10.0 Å². The van der Waals surface area contributed by atoms with Gasteiger partial charge in [-0.3, -0.25) is 0 Å². The van der Waals surface area contributed by atoms with Crippen molar-refractivity contribution in [2.24, 2.45) is 5.73 Å². The van der Waals surface area contributed by atoms with Crippen LogP contribution in [0.1, 0.15) is 32.3 Å². The summed E-state index contributed by atoms with van der Waals surface area (Å²) >= 11 is 0. The molecule has 2 N–H and O–H groups in total. The topological polar surface area (TPSA) is 63.4 Å². The quantitative estimate of drug-likeness (QED) is 0.922. The first-order valence-corrected chi connectivity index (χ1v) is 7.75. The summed E-state index contributed by atoms with van der Waals surface area (Å²) in [5.41, 5.74) is 5.12. The molecule has 0 unspecified atom stereocenters. The van der Waals surface area contributed by atoms with Crippen molar-refractivity contribution in [2.45, 2.75) is 43.7 Å². The molecule has 6 heteroatoms. The fraction of sp³-hybridized carbons (Fsp3) is 0.538. The summed E-state index contributed by atoms with van der Waals surface area (Å²) in [5, 5.41) is 0. The van der Waals surface area contributed by atoms with Gasteiger partial charge in [0.25, 0.3) is 0 Å². The highest BCUT2D eigenvalue weighted by molar-refractivity contribution is 7.89. The Morgan fingerprint density at radius 3 is 2.63 bits per heavy atom. The Kier molecular flexibility index (Phi) is 3.68. The molecule has 4 nitrogen and oxygen atoms in total. The number of hydrogen-bond donors (Lipinski definition) is 1. The van der Waals surface area contributed by atoms with Crippen molar-refractivity contribution in [1.82, 2.24) is 4.31 Å². The first kappa shape index (κ1) is 14.4. The normalized spacial score (nSPS) is 19.8. The Labute approximate surface area is 113 Å². The summed E-state index contributed by atoms with van der Waals surface area (Å²) in [6, 6.07) is 4.07. The lowest BCUT2D eigenvalue weighted by Gasteiger charge is -2.31. The van der Waals surface area contributed by atoms with Gasteiger partial charge in [0, 0.05) is 24.2 Å². The van der Waals surface area contributed by atoms with Gasteiger partial charge in [0.15, 0.2) is 0 Å². The van der Waals surface area contributed by atoms with Crippen LogP contribution < -0.4 is 5.73 Å². The van der Waals surface area contributed by atoms with Crippen molar-refractivity contribution in [2.75, 3.05) is 6.54 Å². The number of hydrogen-bond acceptors (Lipinski definition) is 3. The third kappa shape index (κ3) is 2.40. The SMILES string of the molecule is CC1(C)CCCN1S(=O)(=O)c1cccc(F)c1CN. The standard InChI is InChI=1S/C13H19FN2O2S/c1-13(2)7-4-8-16(13)19(17,18)12-6-3-5-11(14)10(12)9-15/h3,5-6H,4,7-9,15H2,1-2H3. The molecular formula is C13H19FN2O2S. The van der Waals surface area contributed by atoms with Crippen LogP contribution in [0.25, 0.3) is 0 Å². The van der Waals surface area contributed by atoms with Crippen molar-refractivity contribution in [3.8, 4) is 0 Å². The molecule has 106 valence electrons. The predicted molar refractivity (Wildman–Crippen MR) is 71.5 cm³/mol. The second kappa shape index (κ2) is 4.85. The third-order valence-electron chi connectivity index (χ3n) is 3.67. The van der Waals surface area contributed by atoms with E-state index < -0.39 is 21.4 Å². The average molecular weight is 286 g/mol. The van der Waals surface area contributed by atoms with Crippen LogP contribution in [-0.2, 0) is 16.6 Å². The first-order chi connectivity index (χ1) is 8.80. The average Bonchev–Trinajstić information content (AvgIpc) is 2.69. The number of nitrogens with two attached hydrogens (primary N) is 1. The number of sulfonamides is 1. The van der Waals surface area contributed by atoms with Gasteiger partial charge < -0.3 is 5.73 Å². The summed E-state index contributed by atoms with van der Waals surface area (Å²) < 4.78 is 40.5.